The fourth-order valence-electron chi connectivity index (χ4n) is 3.35. The highest BCUT2D eigenvalue weighted by Gasteiger charge is 2.30. The molecule has 3 nitrogen and oxygen atoms in total. The number of rotatable bonds is 9. The van der Waals surface area contributed by atoms with Gasteiger partial charge in [-0.1, -0.05) is 45.0 Å². The normalized spacial score (nSPS) is 11.1. The zero-order valence-corrected chi connectivity index (χ0v) is 18.0. The Morgan fingerprint density at radius 3 is 1.68 bits per heavy atom. The van der Waals surface area contributed by atoms with Gasteiger partial charge in [0.05, 0.1) is 0 Å². The molecule has 0 unspecified atom stereocenters. The Morgan fingerprint density at radius 2 is 1.11 bits per heavy atom. The Balaban J connectivity index is 1.67. The van der Waals surface area contributed by atoms with Gasteiger partial charge in [-0.25, -0.2) is 0 Å². The summed E-state index contributed by atoms with van der Waals surface area (Å²) >= 11 is 0. The first-order valence-corrected chi connectivity index (χ1v) is 12.7. The van der Waals surface area contributed by atoms with Crippen molar-refractivity contribution in [2.45, 2.75) is 38.9 Å². The average Bonchev–Trinajstić information content (AvgIpc) is 2.75. The monoisotopic (exact) mass is 390 g/mol. The first kappa shape index (κ1) is 20.0. The van der Waals surface area contributed by atoms with Crippen molar-refractivity contribution in [2.75, 3.05) is 10.6 Å². The zero-order valence-electron chi connectivity index (χ0n) is 17.0. The van der Waals surface area contributed by atoms with Gasteiger partial charge in [-0.15, -0.1) is 0 Å². The predicted molar refractivity (Wildman–Crippen MR) is 124 cm³/mol. The number of hydrogen-bond donors (Lipinski definition) is 2. The first-order valence-electron chi connectivity index (χ1n) is 10.1. The van der Waals surface area contributed by atoms with Crippen LogP contribution in [0.2, 0.25) is 18.1 Å². The third-order valence-electron chi connectivity index (χ3n) is 5.34. The van der Waals surface area contributed by atoms with Gasteiger partial charge in [0.25, 0.3) is 0 Å². The van der Waals surface area contributed by atoms with E-state index in [1.54, 1.807) is 0 Å². The molecule has 0 radical (unpaired) electrons. The minimum absolute atomic E-state index is 0.976. The third kappa shape index (κ3) is 5.17. The van der Waals surface area contributed by atoms with Crippen LogP contribution in [0.1, 0.15) is 20.8 Å². The summed E-state index contributed by atoms with van der Waals surface area (Å²) in [6.45, 7) is 6.77. The summed E-state index contributed by atoms with van der Waals surface area (Å²) in [6, 6.07) is 30.3. The van der Waals surface area contributed by atoms with Gasteiger partial charge in [-0.2, -0.15) is 0 Å². The summed E-state index contributed by atoms with van der Waals surface area (Å²) in [6.07, 6.45) is 0. The molecule has 0 fully saturated rings. The molecule has 3 rings (SSSR count). The van der Waals surface area contributed by atoms with Crippen molar-refractivity contribution in [1.82, 2.24) is 0 Å². The highest BCUT2D eigenvalue weighted by atomic mass is 28.4. The molecule has 3 aromatic rings. The molecule has 0 aliphatic heterocycles. The maximum atomic E-state index is 6.50. The Bertz CT molecular complexity index is 853. The Labute approximate surface area is 169 Å². The molecule has 146 valence electrons. The lowest BCUT2D eigenvalue weighted by Gasteiger charge is -2.29. The van der Waals surface area contributed by atoms with Crippen molar-refractivity contribution in [3.8, 4) is 5.75 Å². The molecule has 0 saturated carbocycles. The highest BCUT2D eigenvalue weighted by molar-refractivity contribution is 6.74. The Hall–Kier alpha value is -2.72. The van der Waals surface area contributed by atoms with Crippen LogP contribution in [-0.4, -0.2) is 8.32 Å². The van der Waals surface area contributed by atoms with E-state index in [1.165, 1.54) is 0 Å². The van der Waals surface area contributed by atoms with Crippen LogP contribution in [0.3, 0.4) is 0 Å². The van der Waals surface area contributed by atoms with Crippen molar-refractivity contribution < 1.29 is 4.43 Å². The molecule has 3 aromatic carbocycles. The van der Waals surface area contributed by atoms with Gasteiger partial charge in [0.15, 0.2) is 0 Å². The maximum absolute atomic E-state index is 6.50. The number of hydrogen-bond acceptors (Lipinski definition) is 3. The van der Waals surface area contributed by atoms with Gasteiger partial charge in [0, 0.05) is 28.8 Å². The maximum Gasteiger partial charge on any atom is 0.250 e. The second-order valence-electron chi connectivity index (χ2n) is 7.07. The first-order chi connectivity index (χ1) is 13.7. The lowest BCUT2D eigenvalue weighted by molar-refractivity contribution is 0.532. The summed E-state index contributed by atoms with van der Waals surface area (Å²) in [5.74, 6) is 0.976. The van der Waals surface area contributed by atoms with E-state index in [9.17, 15) is 0 Å². The van der Waals surface area contributed by atoms with E-state index in [1.807, 2.05) is 18.2 Å². The minimum atomic E-state index is -1.65. The molecule has 0 bridgehead atoms. The van der Waals surface area contributed by atoms with Crippen molar-refractivity contribution in [3.05, 3.63) is 78.9 Å². The van der Waals surface area contributed by atoms with Crippen molar-refractivity contribution in [2.24, 2.45) is 0 Å². The van der Waals surface area contributed by atoms with Crippen LogP contribution >= 0.6 is 0 Å². The van der Waals surface area contributed by atoms with E-state index >= 15 is 0 Å². The third-order valence-corrected chi connectivity index (χ3v) is 9.87. The molecule has 2 N–H and O–H groups in total. The Morgan fingerprint density at radius 1 is 0.607 bits per heavy atom. The fourth-order valence-corrected chi connectivity index (χ4v) is 5.91. The van der Waals surface area contributed by atoms with E-state index in [0.29, 0.717) is 0 Å². The summed E-state index contributed by atoms with van der Waals surface area (Å²) < 4.78 is 6.50. The average molecular weight is 391 g/mol. The Kier molecular flexibility index (Phi) is 6.77. The molecule has 28 heavy (non-hydrogen) atoms. The lowest BCUT2D eigenvalue weighted by Crippen LogP contribution is -2.39. The zero-order chi connectivity index (χ0) is 19.8. The molecule has 0 aromatic heterocycles. The van der Waals surface area contributed by atoms with E-state index in [-0.39, 0.29) is 0 Å². The topological polar surface area (TPSA) is 33.3 Å². The van der Waals surface area contributed by atoms with E-state index in [4.69, 9.17) is 4.43 Å². The van der Waals surface area contributed by atoms with Gasteiger partial charge >= 0.3 is 0 Å². The number of nitrogens with one attached hydrogen (secondary N) is 2. The van der Waals surface area contributed by atoms with Crippen LogP contribution in [0, 0.1) is 0 Å². The lowest BCUT2D eigenvalue weighted by atomic mass is 10.2. The van der Waals surface area contributed by atoms with Crippen LogP contribution in [-0.2, 0) is 0 Å². The van der Waals surface area contributed by atoms with Gasteiger partial charge in [-0.05, 0) is 66.7 Å². The molecule has 0 aliphatic rings. The van der Waals surface area contributed by atoms with Crippen LogP contribution in [0.15, 0.2) is 78.9 Å². The number of anilines is 4. The SMILES string of the molecule is CC[Si](CC)(CC)Oc1cccc(Nc2ccc(Nc3ccccc3)cc2)c1. The van der Waals surface area contributed by atoms with Crippen LogP contribution in [0.25, 0.3) is 0 Å². The van der Waals surface area contributed by atoms with E-state index in [0.717, 1.165) is 46.6 Å². The van der Waals surface area contributed by atoms with Gasteiger partial charge in [0.2, 0.25) is 8.32 Å². The minimum Gasteiger partial charge on any atom is -0.543 e. The molecule has 4 heteroatoms. The summed E-state index contributed by atoms with van der Waals surface area (Å²) in [7, 11) is -1.65. The van der Waals surface area contributed by atoms with Gasteiger partial charge in [-0.3, -0.25) is 0 Å². The van der Waals surface area contributed by atoms with Crippen LogP contribution in [0.4, 0.5) is 22.7 Å². The molecular formula is C24H30N2OSi. The molecule has 0 saturated heterocycles. The fraction of sp³-hybridized carbons (Fsp3) is 0.250. The van der Waals surface area contributed by atoms with Crippen LogP contribution in [0.5, 0.6) is 5.75 Å². The molecule has 0 atom stereocenters. The second-order valence-corrected chi connectivity index (χ2v) is 11.8. The molecule has 0 spiro atoms. The van der Waals surface area contributed by atoms with Gasteiger partial charge in [0.1, 0.15) is 5.75 Å². The summed E-state index contributed by atoms with van der Waals surface area (Å²) in [5, 5.41) is 6.89. The van der Waals surface area contributed by atoms with Crippen molar-refractivity contribution >= 4 is 31.1 Å². The van der Waals surface area contributed by atoms with Gasteiger partial charge < -0.3 is 15.1 Å². The van der Waals surface area contributed by atoms with Crippen LogP contribution < -0.4 is 15.1 Å². The molecule has 0 aliphatic carbocycles. The quantitative estimate of drug-likeness (QED) is 0.370. The predicted octanol–water partition coefficient (Wildman–Crippen LogP) is 7.56. The summed E-state index contributed by atoms with van der Waals surface area (Å²) in [4.78, 5) is 0. The van der Waals surface area contributed by atoms with Crippen molar-refractivity contribution in [1.29, 1.82) is 0 Å². The smallest absolute Gasteiger partial charge is 0.250 e. The van der Waals surface area contributed by atoms with E-state index < -0.39 is 8.32 Å². The summed E-state index contributed by atoms with van der Waals surface area (Å²) in [5.41, 5.74) is 4.26. The molecule has 0 heterocycles. The highest BCUT2D eigenvalue weighted by Crippen LogP contribution is 2.28. The van der Waals surface area contributed by atoms with Crippen molar-refractivity contribution in [3.63, 3.8) is 0 Å². The second kappa shape index (κ2) is 9.47. The largest absolute Gasteiger partial charge is 0.543 e. The molecule has 0 amide bonds. The number of para-hydroxylation sites is 1. The number of benzene rings is 3. The standard InChI is InChI=1S/C24H30N2OSi/c1-4-28(5-2,6-3)27-24-14-10-13-23(19-24)26-22-17-15-21(16-18-22)25-20-11-8-7-9-12-20/h7-19,25-26H,4-6H2,1-3H3. The van der Waals surface area contributed by atoms with E-state index in [2.05, 4.69) is 92.1 Å². The molecular weight excluding hydrogens is 360 g/mol.